The highest BCUT2D eigenvalue weighted by molar-refractivity contribution is 6.01. The summed E-state index contributed by atoms with van der Waals surface area (Å²) in [6.45, 7) is 2.05. The first kappa shape index (κ1) is 9.90. The number of para-hydroxylation sites is 1. The first-order valence-electron chi connectivity index (χ1n) is 5.06. The summed E-state index contributed by atoms with van der Waals surface area (Å²) < 4.78 is 0. The monoisotopic (exact) mass is 203 g/mol. The summed E-state index contributed by atoms with van der Waals surface area (Å²) in [7, 11) is 0. The number of amides is 1. The van der Waals surface area contributed by atoms with E-state index in [2.05, 4.69) is 0 Å². The van der Waals surface area contributed by atoms with Crippen molar-refractivity contribution in [1.82, 2.24) is 0 Å². The van der Waals surface area contributed by atoms with Gasteiger partial charge >= 0.3 is 0 Å². The van der Waals surface area contributed by atoms with E-state index in [-0.39, 0.29) is 11.7 Å². The molecule has 1 heterocycles. The second-order valence-corrected chi connectivity index (χ2v) is 3.80. The van der Waals surface area contributed by atoms with Crippen LogP contribution >= 0.6 is 0 Å². The molecule has 1 aliphatic rings. The Hall–Kier alpha value is -1.64. The molecule has 0 radical (unpaired) electrons. The van der Waals surface area contributed by atoms with E-state index in [0.29, 0.717) is 19.4 Å². The summed E-state index contributed by atoms with van der Waals surface area (Å²) in [5.41, 5.74) is 2.02. The van der Waals surface area contributed by atoms with Crippen LogP contribution in [0.1, 0.15) is 18.9 Å². The first-order valence-corrected chi connectivity index (χ1v) is 5.06. The quantitative estimate of drug-likeness (QED) is 0.747. The van der Waals surface area contributed by atoms with Crippen LogP contribution < -0.4 is 4.90 Å². The molecule has 1 aromatic rings. The van der Waals surface area contributed by atoms with Gasteiger partial charge in [0.25, 0.3) is 0 Å². The number of hydrogen-bond acceptors (Lipinski definition) is 2. The van der Waals surface area contributed by atoms with E-state index in [1.54, 1.807) is 11.8 Å². The van der Waals surface area contributed by atoms with Gasteiger partial charge in [0.15, 0.2) is 0 Å². The van der Waals surface area contributed by atoms with Crippen molar-refractivity contribution in [2.24, 2.45) is 0 Å². The van der Waals surface area contributed by atoms with Gasteiger partial charge in [-0.25, -0.2) is 0 Å². The van der Waals surface area contributed by atoms with Crippen molar-refractivity contribution in [2.75, 3.05) is 11.4 Å². The van der Waals surface area contributed by atoms with Crippen molar-refractivity contribution in [3.8, 4) is 0 Å². The molecule has 0 unspecified atom stereocenters. The van der Waals surface area contributed by atoms with Crippen LogP contribution in [0.2, 0.25) is 0 Å². The zero-order chi connectivity index (χ0) is 10.8. The number of anilines is 1. The normalized spacial score (nSPS) is 14.2. The third kappa shape index (κ3) is 1.91. The number of ketones is 1. The van der Waals surface area contributed by atoms with E-state index >= 15 is 0 Å². The van der Waals surface area contributed by atoms with Gasteiger partial charge in [0.2, 0.25) is 5.91 Å². The van der Waals surface area contributed by atoms with Crippen molar-refractivity contribution >= 4 is 17.4 Å². The molecule has 1 amide bonds. The molecule has 78 valence electrons. The molecule has 0 saturated carbocycles. The van der Waals surface area contributed by atoms with Crippen molar-refractivity contribution in [2.45, 2.75) is 19.8 Å². The maximum Gasteiger partial charge on any atom is 0.231 e. The van der Waals surface area contributed by atoms with Crippen LogP contribution in [0.4, 0.5) is 5.69 Å². The number of rotatable bonds is 3. The minimum atomic E-state index is 0.0949. The lowest BCUT2D eigenvalue weighted by Crippen LogP contribution is -2.28. The standard InChI is InChI=1S/C12H13NO2/c1-9(14)6-7-13-11-5-3-2-4-10(11)8-12(13)15/h2-5H,6-8H2,1H3. The van der Waals surface area contributed by atoms with E-state index in [9.17, 15) is 9.59 Å². The lowest BCUT2D eigenvalue weighted by molar-refractivity contribution is -0.117. The van der Waals surface area contributed by atoms with Crippen molar-refractivity contribution in [3.05, 3.63) is 29.8 Å². The minimum Gasteiger partial charge on any atom is -0.311 e. The highest BCUT2D eigenvalue weighted by Crippen LogP contribution is 2.28. The Kier molecular flexibility index (Phi) is 2.54. The van der Waals surface area contributed by atoms with E-state index in [0.717, 1.165) is 11.3 Å². The second kappa shape index (κ2) is 3.85. The smallest absolute Gasteiger partial charge is 0.231 e. The first-order chi connectivity index (χ1) is 7.18. The zero-order valence-electron chi connectivity index (χ0n) is 8.69. The van der Waals surface area contributed by atoms with Crippen LogP contribution in [0.25, 0.3) is 0 Å². The third-order valence-electron chi connectivity index (χ3n) is 2.61. The fourth-order valence-electron chi connectivity index (χ4n) is 1.83. The fourth-order valence-corrected chi connectivity index (χ4v) is 1.83. The van der Waals surface area contributed by atoms with Crippen LogP contribution in [-0.2, 0) is 16.0 Å². The van der Waals surface area contributed by atoms with Gasteiger partial charge < -0.3 is 4.90 Å². The molecular weight excluding hydrogens is 190 g/mol. The largest absolute Gasteiger partial charge is 0.311 e. The Balaban J connectivity index is 2.18. The van der Waals surface area contributed by atoms with Gasteiger partial charge in [0.1, 0.15) is 5.78 Å². The molecule has 0 fully saturated rings. The Labute approximate surface area is 88.7 Å². The molecule has 0 spiro atoms. The Bertz CT molecular complexity index is 412. The van der Waals surface area contributed by atoms with Gasteiger partial charge in [-0.2, -0.15) is 0 Å². The fraction of sp³-hybridized carbons (Fsp3) is 0.333. The molecule has 3 heteroatoms. The summed E-state index contributed by atoms with van der Waals surface area (Å²) in [5, 5.41) is 0. The van der Waals surface area contributed by atoms with E-state index in [1.165, 1.54) is 0 Å². The average Bonchev–Trinajstić information content (AvgIpc) is 2.50. The van der Waals surface area contributed by atoms with Gasteiger partial charge in [-0.05, 0) is 18.6 Å². The summed E-state index contributed by atoms with van der Waals surface area (Å²) in [4.78, 5) is 24.2. The molecule has 0 aliphatic carbocycles. The number of nitrogens with zero attached hydrogens (tertiary/aromatic N) is 1. The summed E-state index contributed by atoms with van der Waals surface area (Å²) in [6.07, 6.45) is 0.897. The molecule has 1 aliphatic heterocycles. The molecule has 0 N–H and O–H groups in total. The number of Topliss-reactive ketones (excluding diaryl/α,β-unsaturated/α-hetero) is 1. The van der Waals surface area contributed by atoms with Crippen LogP contribution in [0.5, 0.6) is 0 Å². The minimum absolute atomic E-state index is 0.0949. The van der Waals surface area contributed by atoms with Gasteiger partial charge in [0.05, 0.1) is 6.42 Å². The van der Waals surface area contributed by atoms with Crippen LogP contribution in [0, 0.1) is 0 Å². The van der Waals surface area contributed by atoms with E-state index in [1.807, 2.05) is 24.3 Å². The number of carbonyl (C=O) groups is 2. The SMILES string of the molecule is CC(=O)CCN1C(=O)Cc2ccccc21. The number of fused-ring (bicyclic) bond motifs is 1. The van der Waals surface area contributed by atoms with E-state index in [4.69, 9.17) is 0 Å². The average molecular weight is 203 g/mol. The van der Waals surface area contributed by atoms with Crippen molar-refractivity contribution < 1.29 is 9.59 Å². The molecule has 1 aromatic carbocycles. The Morgan fingerprint density at radius 1 is 1.40 bits per heavy atom. The number of benzene rings is 1. The van der Waals surface area contributed by atoms with Gasteiger partial charge in [-0.1, -0.05) is 18.2 Å². The number of hydrogen-bond donors (Lipinski definition) is 0. The molecule has 0 aromatic heterocycles. The lowest BCUT2D eigenvalue weighted by atomic mass is 10.2. The molecular formula is C12H13NO2. The Morgan fingerprint density at radius 2 is 2.13 bits per heavy atom. The van der Waals surface area contributed by atoms with Crippen LogP contribution in [-0.4, -0.2) is 18.2 Å². The summed E-state index contributed by atoms with van der Waals surface area (Å²) in [5.74, 6) is 0.213. The molecule has 0 atom stereocenters. The van der Waals surface area contributed by atoms with Gasteiger partial charge in [-0.3, -0.25) is 9.59 Å². The predicted octanol–water partition coefficient (Wildman–Crippen LogP) is 1.55. The van der Waals surface area contributed by atoms with Crippen molar-refractivity contribution in [3.63, 3.8) is 0 Å². The van der Waals surface area contributed by atoms with Crippen molar-refractivity contribution in [1.29, 1.82) is 0 Å². The van der Waals surface area contributed by atoms with Gasteiger partial charge in [0, 0.05) is 18.7 Å². The molecule has 2 rings (SSSR count). The maximum absolute atomic E-state index is 11.7. The highest BCUT2D eigenvalue weighted by atomic mass is 16.2. The van der Waals surface area contributed by atoms with Gasteiger partial charge in [-0.15, -0.1) is 0 Å². The second-order valence-electron chi connectivity index (χ2n) is 3.80. The van der Waals surface area contributed by atoms with Crippen LogP contribution in [0.15, 0.2) is 24.3 Å². The molecule has 0 saturated heterocycles. The maximum atomic E-state index is 11.7. The molecule has 3 nitrogen and oxygen atoms in total. The zero-order valence-corrected chi connectivity index (χ0v) is 8.69. The van der Waals surface area contributed by atoms with E-state index < -0.39 is 0 Å². The highest BCUT2D eigenvalue weighted by Gasteiger charge is 2.26. The van der Waals surface area contributed by atoms with Crippen LogP contribution in [0.3, 0.4) is 0 Å². The topological polar surface area (TPSA) is 37.4 Å². The lowest BCUT2D eigenvalue weighted by Gasteiger charge is -2.16. The summed E-state index contributed by atoms with van der Waals surface area (Å²) >= 11 is 0. The third-order valence-corrected chi connectivity index (χ3v) is 2.61. The molecule has 15 heavy (non-hydrogen) atoms. The predicted molar refractivity (Wildman–Crippen MR) is 57.8 cm³/mol. The molecule has 0 bridgehead atoms. The summed E-state index contributed by atoms with van der Waals surface area (Å²) in [6, 6.07) is 7.74. The number of carbonyl (C=O) groups excluding carboxylic acids is 2. The Morgan fingerprint density at radius 3 is 2.87 bits per heavy atom.